The van der Waals surface area contributed by atoms with E-state index in [0.29, 0.717) is 31.6 Å². The Kier molecular flexibility index (Phi) is 6.36. The SMILES string of the molecule is COc1ccc(CCNC(=O)c2cc(S(=O)(=O)N3CCCC3)ccc2C)cc1. The van der Waals surface area contributed by atoms with Crippen LogP contribution in [0.1, 0.15) is 34.3 Å². The van der Waals surface area contributed by atoms with E-state index in [9.17, 15) is 13.2 Å². The van der Waals surface area contributed by atoms with Crippen molar-refractivity contribution < 1.29 is 17.9 Å². The molecule has 3 rings (SSSR count). The van der Waals surface area contributed by atoms with E-state index in [0.717, 1.165) is 29.7 Å². The van der Waals surface area contributed by atoms with E-state index in [1.807, 2.05) is 31.2 Å². The summed E-state index contributed by atoms with van der Waals surface area (Å²) in [5.41, 5.74) is 2.24. The van der Waals surface area contributed by atoms with Crippen molar-refractivity contribution >= 4 is 15.9 Å². The number of rotatable bonds is 7. The van der Waals surface area contributed by atoms with Crippen LogP contribution in [0.25, 0.3) is 0 Å². The number of sulfonamides is 1. The maximum atomic E-state index is 12.8. The van der Waals surface area contributed by atoms with Crippen molar-refractivity contribution in [1.29, 1.82) is 0 Å². The minimum absolute atomic E-state index is 0.181. The highest BCUT2D eigenvalue weighted by Gasteiger charge is 2.28. The number of carbonyl (C=O) groups is 1. The number of benzene rings is 2. The van der Waals surface area contributed by atoms with E-state index in [4.69, 9.17) is 4.74 Å². The minimum Gasteiger partial charge on any atom is -0.497 e. The first-order valence-electron chi connectivity index (χ1n) is 9.44. The molecule has 0 aliphatic carbocycles. The standard InChI is InChI=1S/C21H26N2O4S/c1-16-5-10-19(28(25,26)23-13-3-4-14-23)15-20(16)21(24)22-12-11-17-6-8-18(27-2)9-7-17/h5-10,15H,3-4,11-14H2,1-2H3,(H,22,24). The molecule has 1 aliphatic heterocycles. The Morgan fingerprint density at radius 2 is 1.79 bits per heavy atom. The van der Waals surface area contributed by atoms with Gasteiger partial charge in [0.2, 0.25) is 10.0 Å². The fraction of sp³-hybridized carbons (Fsp3) is 0.381. The molecule has 1 heterocycles. The van der Waals surface area contributed by atoms with Crippen LogP contribution in [-0.2, 0) is 16.4 Å². The molecule has 0 atom stereocenters. The zero-order valence-electron chi connectivity index (χ0n) is 16.3. The van der Waals surface area contributed by atoms with Gasteiger partial charge in [0.1, 0.15) is 5.75 Å². The number of ether oxygens (including phenoxy) is 1. The van der Waals surface area contributed by atoms with Gasteiger partial charge in [-0.25, -0.2) is 8.42 Å². The summed E-state index contributed by atoms with van der Waals surface area (Å²) in [5, 5.41) is 2.89. The van der Waals surface area contributed by atoms with Gasteiger partial charge in [-0.15, -0.1) is 0 Å². The minimum atomic E-state index is -3.54. The van der Waals surface area contributed by atoms with E-state index in [1.165, 1.54) is 10.4 Å². The van der Waals surface area contributed by atoms with Gasteiger partial charge < -0.3 is 10.1 Å². The van der Waals surface area contributed by atoms with Crippen molar-refractivity contribution in [3.63, 3.8) is 0 Å². The molecule has 2 aromatic rings. The molecule has 150 valence electrons. The number of methoxy groups -OCH3 is 1. The van der Waals surface area contributed by atoms with Gasteiger partial charge in [0.15, 0.2) is 0 Å². The molecule has 6 nitrogen and oxygen atoms in total. The Bertz CT molecular complexity index is 933. The van der Waals surface area contributed by atoms with E-state index >= 15 is 0 Å². The second-order valence-corrected chi connectivity index (χ2v) is 8.88. The molecule has 0 radical (unpaired) electrons. The van der Waals surface area contributed by atoms with Gasteiger partial charge >= 0.3 is 0 Å². The van der Waals surface area contributed by atoms with Crippen LogP contribution in [-0.4, -0.2) is 45.4 Å². The lowest BCUT2D eigenvalue weighted by atomic mass is 10.1. The molecule has 0 saturated carbocycles. The third-order valence-corrected chi connectivity index (χ3v) is 6.91. The van der Waals surface area contributed by atoms with Crippen LogP contribution in [0.5, 0.6) is 5.75 Å². The number of hydrogen-bond acceptors (Lipinski definition) is 4. The van der Waals surface area contributed by atoms with Gasteiger partial charge in [-0.3, -0.25) is 4.79 Å². The average Bonchev–Trinajstić information content (AvgIpc) is 3.24. The summed E-state index contributed by atoms with van der Waals surface area (Å²) in [6.45, 7) is 3.36. The second kappa shape index (κ2) is 8.75. The lowest BCUT2D eigenvalue weighted by Crippen LogP contribution is -2.29. The molecule has 7 heteroatoms. The maximum absolute atomic E-state index is 12.8. The number of aryl methyl sites for hydroxylation is 1. The normalized spacial score (nSPS) is 14.8. The molecule has 0 bridgehead atoms. The van der Waals surface area contributed by atoms with E-state index < -0.39 is 10.0 Å². The molecule has 28 heavy (non-hydrogen) atoms. The van der Waals surface area contributed by atoms with Gasteiger partial charge in [-0.1, -0.05) is 18.2 Å². The highest BCUT2D eigenvalue weighted by molar-refractivity contribution is 7.89. The van der Waals surface area contributed by atoms with Crippen LogP contribution >= 0.6 is 0 Å². The van der Waals surface area contributed by atoms with Gasteiger partial charge in [0.25, 0.3) is 5.91 Å². The number of nitrogens with zero attached hydrogens (tertiary/aromatic N) is 1. The molecule has 1 aliphatic rings. The predicted octanol–water partition coefficient (Wildman–Crippen LogP) is 2.76. The van der Waals surface area contributed by atoms with Crippen LogP contribution in [0.15, 0.2) is 47.4 Å². The first kappa shape index (κ1) is 20.4. The topological polar surface area (TPSA) is 75.7 Å². The number of hydrogen-bond donors (Lipinski definition) is 1. The summed E-state index contributed by atoms with van der Waals surface area (Å²) in [6, 6.07) is 12.4. The maximum Gasteiger partial charge on any atom is 0.251 e. The third kappa shape index (κ3) is 4.54. The van der Waals surface area contributed by atoms with Crippen LogP contribution < -0.4 is 10.1 Å². The summed E-state index contributed by atoms with van der Waals surface area (Å²) < 4.78 is 32.1. The molecule has 1 amide bonds. The molecule has 0 spiro atoms. The largest absolute Gasteiger partial charge is 0.497 e. The summed E-state index contributed by atoms with van der Waals surface area (Å²) in [6.07, 6.45) is 2.44. The van der Waals surface area contributed by atoms with Crippen LogP contribution in [0.3, 0.4) is 0 Å². The quantitative estimate of drug-likeness (QED) is 0.773. The molecule has 1 N–H and O–H groups in total. The summed E-state index contributed by atoms with van der Waals surface area (Å²) in [5.74, 6) is 0.531. The van der Waals surface area contributed by atoms with E-state index in [1.54, 1.807) is 19.2 Å². The second-order valence-electron chi connectivity index (χ2n) is 6.94. The van der Waals surface area contributed by atoms with Crippen molar-refractivity contribution in [2.24, 2.45) is 0 Å². The van der Waals surface area contributed by atoms with Crippen molar-refractivity contribution in [2.75, 3.05) is 26.7 Å². The van der Waals surface area contributed by atoms with Gasteiger partial charge in [-0.2, -0.15) is 4.31 Å². The Balaban J connectivity index is 1.67. The summed E-state index contributed by atoms with van der Waals surface area (Å²) in [4.78, 5) is 12.8. The molecule has 1 fully saturated rings. The molecule has 1 saturated heterocycles. The Labute approximate surface area is 166 Å². The lowest BCUT2D eigenvalue weighted by molar-refractivity contribution is 0.0953. The van der Waals surface area contributed by atoms with Crippen molar-refractivity contribution in [3.8, 4) is 5.75 Å². The van der Waals surface area contributed by atoms with E-state index in [-0.39, 0.29) is 10.8 Å². The van der Waals surface area contributed by atoms with Crippen molar-refractivity contribution in [3.05, 3.63) is 59.2 Å². The molecule has 0 unspecified atom stereocenters. The molecular weight excluding hydrogens is 376 g/mol. The first-order valence-corrected chi connectivity index (χ1v) is 10.9. The zero-order valence-corrected chi connectivity index (χ0v) is 17.1. The summed E-state index contributed by atoms with van der Waals surface area (Å²) >= 11 is 0. The van der Waals surface area contributed by atoms with Crippen LogP contribution in [0, 0.1) is 6.92 Å². The number of nitrogens with one attached hydrogen (secondary N) is 1. The highest BCUT2D eigenvalue weighted by Crippen LogP contribution is 2.23. The fourth-order valence-electron chi connectivity index (χ4n) is 3.29. The van der Waals surface area contributed by atoms with Gasteiger partial charge in [0.05, 0.1) is 12.0 Å². The Morgan fingerprint density at radius 3 is 2.43 bits per heavy atom. The summed E-state index contributed by atoms with van der Waals surface area (Å²) in [7, 11) is -1.92. The lowest BCUT2D eigenvalue weighted by Gasteiger charge is -2.17. The van der Waals surface area contributed by atoms with Crippen molar-refractivity contribution in [2.45, 2.75) is 31.1 Å². The third-order valence-electron chi connectivity index (χ3n) is 5.01. The number of amides is 1. The Morgan fingerprint density at radius 1 is 1.11 bits per heavy atom. The van der Waals surface area contributed by atoms with Crippen LogP contribution in [0.4, 0.5) is 0 Å². The molecular formula is C21H26N2O4S. The predicted molar refractivity (Wildman–Crippen MR) is 108 cm³/mol. The smallest absolute Gasteiger partial charge is 0.251 e. The first-order chi connectivity index (χ1) is 13.4. The van der Waals surface area contributed by atoms with Gasteiger partial charge in [-0.05, 0) is 61.6 Å². The van der Waals surface area contributed by atoms with Crippen molar-refractivity contribution in [1.82, 2.24) is 9.62 Å². The molecule has 0 aromatic heterocycles. The number of carbonyl (C=O) groups excluding carboxylic acids is 1. The monoisotopic (exact) mass is 402 g/mol. The molecule has 2 aromatic carbocycles. The zero-order chi connectivity index (χ0) is 20.1. The fourth-order valence-corrected chi connectivity index (χ4v) is 4.84. The van der Waals surface area contributed by atoms with Gasteiger partial charge in [0, 0.05) is 25.2 Å². The highest BCUT2D eigenvalue weighted by atomic mass is 32.2. The van der Waals surface area contributed by atoms with E-state index in [2.05, 4.69) is 5.32 Å². The average molecular weight is 403 g/mol. The Hall–Kier alpha value is -2.38. The van der Waals surface area contributed by atoms with Crippen LogP contribution in [0.2, 0.25) is 0 Å².